The van der Waals surface area contributed by atoms with Crippen LogP contribution in [0.1, 0.15) is 44.9 Å². The largest absolute Gasteiger partial charge is 0.349 e. The van der Waals surface area contributed by atoms with E-state index in [0.29, 0.717) is 18.5 Å². The van der Waals surface area contributed by atoms with Crippen LogP contribution in [0, 0.1) is 0 Å². The van der Waals surface area contributed by atoms with Crippen LogP contribution in [0.3, 0.4) is 0 Å². The van der Waals surface area contributed by atoms with Crippen LogP contribution in [-0.2, 0) is 4.79 Å². The number of rotatable bonds is 5. The maximum atomic E-state index is 11.6. The van der Waals surface area contributed by atoms with Gasteiger partial charge in [-0.25, -0.2) is 0 Å². The summed E-state index contributed by atoms with van der Waals surface area (Å²) >= 11 is 0. The van der Waals surface area contributed by atoms with Gasteiger partial charge in [0.05, 0.1) is 0 Å². The molecule has 0 aromatic carbocycles. The Labute approximate surface area is 117 Å². The van der Waals surface area contributed by atoms with Crippen molar-refractivity contribution in [3.05, 3.63) is 0 Å². The Balaban J connectivity index is 1.77. The summed E-state index contributed by atoms with van der Waals surface area (Å²) in [5.41, 5.74) is 0. The Morgan fingerprint density at radius 1 is 1.26 bits per heavy atom. The number of carbonyl (C=O) groups is 1. The topological polar surface area (TPSA) is 35.6 Å². The Hall–Kier alpha value is -0.610. The van der Waals surface area contributed by atoms with Crippen molar-refractivity contribution < 1.29 is 4.79 Å². The molecule has 0 bridgehead atoms. The molecule has 0 spiro atoms. The van der Waals surface area contributed by atoms with Crippen molar-refractivity contribution >= 4 is 5.91 Å². The average molecular weight is 267 g/mol. The zero-order chi connectivity index (χ0) is 13.7. The molecule has 2 aliphatic rings. The van der Waals surface area contributed by atoms with Crippen LogP contribution in [0.4, 0.5) is 0 Å². The molecule has 0 saturated carbocycles. The van der Waals surface area contributed by atoms with Crippen molar-refractivity contribution in [1.29, 1.82) is 0 Å². The summed E-state index contributed by atoms with van der Waals surface area (Å²) in [7, 11) is 3.68. The fraction of sp³-hybridized carbons (Fsp3) is 0.933. The van der Waals surface area contributed by atoms with Crippen LogP contribution >= 0.6 is 0 Å². The van der Waals surface area contributed by atoms with Crippen LogP contribution < -0.4 is 5.32 Å². The number of hydrogen-bond donors (Lipinski definition) is 1. The Morgan fingerprint density at radius 3 is 2.79 bits per heavy atom. The second-order valence-electron chi connectivity index (χ2n) is 6.19. The lowest BCUT2D eigenvalue weighted by molar-refractivity contribution is -0.128. The number of nitrogens with zero attached hydrogens (tertiary/aromatic N) is 2. The zero-order valence-electron chi connectivity index (χ0n) is 12.5. The minimum atomic E-state index is 0.257. The third-order valence-electron chi connectivity index (χ3n) is 4.56. The number of likely N-dealkylation sites (tertiary alicyclic amines) is 1. The monoisotopic (exact) mass is 267 g/mol. The predicted octanol–water partition coefficient (Wildman–Crippen LogP) is 1.46. The fourth-order valence-corrected chi connectivity index (χ4v) is 3.45. The van der Waals surface area contributed by atoms with E-state index in [9.17, 15) is 4.79 Å². The third kappa shape index (κ3) is 4.18. The normalized spacial score (nSPS) is 28.5. The molecule has 110 valence electrons. The molecule has 0 radical (unpaired) electrons. The van der Waals surface area contributed by atoms with Gasteiger partial charge in [0.25, 0.3) is 0 Å². The number of carbonyl (C=O) groups excluding carboxylic acids is 1. The molecule has 2 fully saturated rings. The zero-order valence-corrected chi connectivity index (χ0v) is 12.5. The van der Waals surface area contributed by atoms with E-state index in [-0.39, 0.29) is 5.91 Å². The van der Waals surface area contributed by atoms with Gasteiger partial charge in [-0.15, -0.1) is 0 Å². The summed E-state index contributed by atoms with van der Waals surface area (Å²) in [6, 6.07) is 1.41. The molecule has 4 nitrogen and oxygen atoms in total. The quantitative estimate of drug-likeness (QED) is 0.819. The first-order valence-electron chi connectivity index (χ1n) is 7.86. The van der Waals surface area contributed by atoms with Gasteiger partial charge >= 0.3 is 0 Å². The summed E-state index contributed by atoms with van der Waals surface area (Å²) in [6.07, 6.45) is 8.38. The highest BCUT2D eigenvalue weighted by Gasteiger charge is 2.31. The number of nitrogens with one attached hydrogen (secondary N) is 1. The molecular formula is C15H29N3O. The average Bonchev–Trinajstić information content (AvgIpc) is 2.93. The lowest BCUT2D eigenvalue weighted by Gasteiger charge is -2.39. The van der Waals surface area contributed by atoms with E-state index in [1.54, 1.807) is 4.90 Å². The van der Waals surface area contributed by atoms with Crippen molar-refractivity contribution in [2.24, 2.45) is 0 Å². The standard InChI is InChI=1S/C15H29N3O/c1-17(2)15(19)9-6-12-18-11-4-3-8-14(18)13-7-5-10-16-13/h13-14,16H,3-12H2,1-2H3. The van der Waals surface area contributed by atoms with Crippen LogP contribution in [0.15, 0.2) is 0 Å². The van der Waals surface area contributed by atoms with Crippen molar-refractivity contribution in [2.45, 2.75) is 57.0 Å². The van der Waals surface area contributed by atoms with Gasteiger partial charge in [0.1, 0.15) is 0 Å². The molecule has 4 heteroatoms. The van der Waals surface area contributed by atoms with Crippen molar-refractivity contribution in [3.8, 4) is 0 Å². The lowest BCUT2D eigenvalue weighted by Crippen LogP contribution is -2.50. The highest BCUT2D eigenvalue weighted by atomic mass is 16.2. The lowest BCUT2D eigenvalue weighted by atomic mass is 9.94. The SMILES string of the molecule is CN(C)C(=O)CCCN1CCCCC1C1CCCN1. The maximum Gasteiger partial charge on any atom is 0.222 e. The van der Waals surface area contributed by atoms with Crippen molar-refractivity contribution in [2.75, 3.05) is 33.7 Å². The first-order valence-corrected chi connectivity index (χ1v) is 7.86. The molecule has 0 aromatic heterocycles. The molecule has 0 aromatic rings. The molecule has 2 saturated heterocycles. The highest BCUT2D eigenvalue weighted by Crippen LogP contribution is 2.24. The molecule has 1 N–H and O–H groups in total. The van der Waals surface area contributed by atoms with E-state index in [2.05, 4.69) is 10.2 Å². The van der Waals surface area contributed by atoms with Gasteiger partial charge < -0.3 is 10.2 Å². The fourth-order valence-electron chi connectivity index (χ4n) is 3.45. The van der Waals surface area contributed by atoms with Crippen LogP contribution in [0.2, 0.25) is 0 Å². The van der Waals surface area contributed by atoms with Gasteiger partial charge in [-0.05, 0) is 51.7 Å². The van der Waals surface area contributed by atoms with E-state index in [0.717, 1.165) is 13.0 Å². The van der Waals surface area contributed by atoms with Crippen LogP contribution in [-0.4, -0.2) is 61.5 Å². The second kappa shape index (κ2) is 7.25. The van der Waals surface area contributed by atoms with Crippen molar-refractivity contribution in [1.82, 2.24) is 15.1 Å². The smallest absolute Gasteiger partial charge is 0.222 e. The number of hydrogen-bond acceptors (Lipinski definition) is 3. The van der Waals surface area contributed by atoms with E-state index >= 15 is 0 Å². The molecular weight excluding hydrogens is 238 g/mol. The van der Waals surface area contributed by atoms with Gasteiger partial charge in [-0.3, -0.25) is 9.69 Å². The highest BCUT2D eigenvalue weighted by molar-refractivity contribution is 5.75. The van der Waals surface area contributed by atoms with Crippen LogP contribution in [0.5, 0.6) is 0 Å². The van der Waals surface area contributed by atoms with Gasteiger partial charge in [-0.2, -0.15) is 0 Å². The second-order valence-corrected chi connectivity index (χ2v) is 6.19. The van der Waals surface area contributed by atoms with E-state index in [1.165, 1.54) is 45.2 Å². The minimum absolute atomic E-state index is 0.257. The Morgan fingerprint density at radius 2 is 2.11 bits per heavy atom. The van der Waals surface area contributed by atoms with Crippen LogP contribution in [0.25, 0.3) is 0 Å². The van der Waals surface area contributed by atoms with E-state index in [1.807, 2.05) is 14.1 Å². The molecule has 2 heterocycles. The van der Waals surface area contributed by atoms with Crippen molar-refractivity contribution in [3.63, 3.8) is 0 Å². The molecule has 2 unspecified atom stereocenters. The molecule has 19 heavy (non-hydrogen) atoms. The van der Waals surface area contributed by atoms with E-state index < -0.39 is 0 Å². The first-order chi connectivity index (χ1) is 9.18. The number of piperidine rings is 1. The number of amides is 1. The summed E-state index contributed by atoms with van der Waals surface area (Å²) in [4.78, 5) is 16.0. The molecule has 2 atom stereocenters. The Bertz CT molecular complexity index is 287. The first kappa shape index (κ1) is 14.8. The maximum absolute atomic E-state index is 11.6. The van der Waals surface area contributed by atoms with Gasteiger partial charge in [0, 0.05) is 32.6 Å². The summed E-state index contributed by atoms with van der Waals surface area (Å²) in [6.45, 7) is 3.50. The van der Waals surface area contributed by atoms with Gasteiger partial charge in [0.2, 0.25) is 5.91 Å². The third-order valence-corrected chi connectivity index (χ3v) is 4.56. The minimum Gasteiger partial charge on any atom is -0.349 e. The molecule has 1 amide bonds. The molecule has 2 aliphatic heterocycles. The molecule has 2 rings (SSSR count). The summed E-state index contributed by atoms with van der Waals surface area (Å²) in [5.74, 6) is 0.257. The van der Waals surface area contributed by atoms with E-state index in [4.69, 9.17) is 0 Å². The molecule has 0 aliphatic carbocycles. The summed E-state index contributed by atoms with van der Waals surface area (Å²) in [5, 5.41) is 3.66. The predicted molar refractivity (Wildman–Crippen MR) is 78.2 cm³/mol. The Kier molecular flexibility index (Phi) is 5.64. The summed E-state index contributed by atoms with van der Waals surface area (Å²) < 4.78 is 0. The van der Waals surface area contributed by atoms with Gasteiger partial charge in [0.15, 0.2) is 0 Å². The van der Waals surface area contributed by atoms with Gasteiger partial charge in [-0.1, -0.05) is 6.42 Å².